The van der Waals surface area contributed by atoms with Crippen molar-refractivity contribution in [2.75, 3.05) is 12.3 Å². The van der Waals surface area contributed by atoms with Crippen molar-refractivity contribution in [2.24, 2.45) is 11.7 Å². The van der Waals surface area contributed by atoms with Gasteiger partial charge in [-0.3, -0.25) is 0 Å². The maximum Gasteiger partial charge on any atom is 0.129 e. The zero-order valence-corrected chi connectivity index (χ0v) is 8.89. The molecule has 1 aromatic rings. The molecule has 2 rings (SSSR count). The van der Waals surface area contributed by atoms with E-state index in [1.807, 2.05) is 6.07 Å². The highest BCUT2D eigenvalue weighted by atomic mass is 32.2. The lowest BCUT2D eigenvalue weighted by atomic mass is 9.97. The van der Waals surface area contributed by atoms with E-state index in [1.165, 1.54) is 5.56 Å². The maximum absolute atomic E-state index is 9.69. The van der Waals surface area contributed by atoms with Gasteiger partial charge in [-0.05, 0) is 42.7 Å². The first-order valence-electron chi connectivity index (χ1n) is 4.95. The molecule has 0 spiro atoms. The van der Waals surface area contributed by atoms with Crippen molar-refractivity contribution >= 4 is 11.8 Å². The summed E-state index contributed by atoms with van der Waals surface area (Å²) in [5, 5.41) is 9.69. The quantitative estimate of drug-likeness (QED) is 0.743. The SMILES string of the molecule is NCC1CCSc2c(O)cccc2C1. The van der Waals surface area contributed by atoms with Crippen LogP contribution in [0.2, 0.25) is 0 Å². The van der Waals surface area contributed by atoms with Gasteiger partial charge >= 0.3 is 0 Å². The Balaban J connectivity index is 2.32. The first-order valence-corrected chi connectivity index (χ1v) is 5.93. The van der Waals surface area contributed by atoms with E-state index in [2.05, 4.69) is 6.07 Å². The van der Waals surface area contributed by atoms with Crippen LogP contribution in [0.1, 0.15) is 12.0 Å². The lowest BCUT2D eigenvalue weighted by Gasteiger charge is -2.11. The molecule has 0 bridgehead atoms. The Morgan fingerprint density at radius 3 is 3.14 bits per heavy atom. The van der Waals surface area contributed by atoms with Crippen molar-refractivity contribution < 1.29 is 5.11 Å². The molecule has 2 nitrogen and oxygen atoms in total. The van der Waals surface area contributed by atoms with Gasteiger partial charge < -0.3 is 10.8 Å². The van der Waals surface area contributed by atoms with E-state index >= 15 is 0 Å². The van der Waals surface area contributed by atoms with Crippen LogP contribution >= 0.6 is 11.8 Å². The number of benzene rings is 1. The summed E-state index contributed by atoms with van der Waals surface area (Å²) >= 11 is 1.75. The van der Waals surface area contributed by atoms with E-state index < -0.39 is 0 Å². The fourth-order valence-corrected chi connectivity index (χ4v) is 3.05. The Labute approximate surface area is 88.5 Å². The summed E-state index contributed by atoms with van der Waals surface area (Å²) in [5.41, 5.74) is 6.95. The number of hydrogen-bond acceptors (Lipinski definition) is 3. The van der Waals surface area contributed by atoms with Gasteiger partial charge in [0.2, 0.25) is 0 Å². The zero-order chi connectivity index (χ0) is 9.97. The Morgan fingerprint density at radius 2 is 2.36 bits per heavy atom. The van der Waals surface area contributed by atoms with Gasteiger partial charge in [0.15, 0.2) is 0 Å². The molecule has 14 heavy (non-hydrogen) atoms. The van der Waals surface area contributed by atoms with Crippen LogP contribution in [0.15, 0.2) is 23.1 Å². The molecule has 3 heteroatoms. The zero-order valence-electron chi connectivity index (χ0n) is 8.07. The second kappa shape index (κ2) is 4.24. The Morgan fingerprint density at radius 1 is 1.50 bits per heavy atom. The first kappa shape index (κ1) is 9.87. The molecule has 1 atom stereocenters. The topological polar surface area (TPSA) is 46.2 Å². The second-order valence-electron chi connectivity index (χ2n) is 3.71. The van der Waals surface area contributed by atoms with Crippen LogP contribution in [0, 0.1) is 5.92 Å². The third kappa shape index (κ3) is 1.88. The van der Waals surface area contributed by atoms with Crippen molar-refractivity contribution in [1.29, 1.82) is 0 Å². The summed E-state index contributed by atoms with van der Waals surface area (Å²) in [4.78, 5) is 1.06. The number of hydrogen-bond donors (Lipinski definition) is 2. The van der Waals surface area contributed by atoms with Gasteiger partial charge in [0.05, 0.1) is 4.90 Å². The van der Waals surface area contributed by atoms with Crippen LogP contribution < -0.4 is 5.73 Å². The molecule has 0 amide bonds. The molecule has 76 valence electrons. The van der Waals surface area contributed by atoms with Gasteiger partial charge in [-0.2, -0.15) is 0 Å². The molecule has 1 aliphatic heterocycles. The molecule has 1 aromatic carbocycles. The highest BCUT2D eigenvalue weighted by molar-refractivity contribution is 7.99. The van der Waals surface area contributed by atoms with E-state index in [1.54, 1.807) is 17.8 Å². The summed E-state index contributed by atoms with van der Waals surface area (Å²) in [5.74, 6) is 2.06. The van der Waals surface area contributed by atoms with Crippen LogP contribution in [-0.2, 0) is 6.42 Å². The van der Waals surface area contributed by atoms with Gasteiger partial charge in [-0.25, -0.2) is 0 Å². The molecule has 1 heterocycles. The lowest BCUT2D eigenvalue weighted by molar-refractivity contribution is 0.458. The third-order valence-electron chi connectivity index (χ3n) is 2.69. The smallest absolute Gasteiger partial charge is 0.129 e. The van der Waals surface area contributed by atoms with Gasteiger partial charge in [-0.1, -0.05) is 12.1 Å². The van der Waals surface area contributed by atoms with Crippen LogP contribution in [0.25, 0.3) is 0 Å². The second-order valence-corrected chi connectivity index (χ2v) is 4.81. The summed E-state index contributed by atoms with van der Waals surface area (Å²) < 4.78 is 0. The van der Waals surface area contributed by atoms with Gasteiger partial charge in [0.1, 0.15) is 5.75 Å². The minimum Gasteiger partial charge on any atom is -0.507 e. The van der Waals surface area contributed by atoms with E-state index in [9.17, 15) is 5.11 Å². The Kier molecular flexibility index (Phi) is 2.99. The summed E-state index contributed by atoms with van der Waals surface area (Å²) in [6, 6.07) is 5.76. The van der Waals surface area contributed by atoms with Gasteiger partial charge in [-0.15, -0.1) is 11.8 Å². The Bertz CT molecular complexity index is 327. The molecule has 0 aromatic heterocycles. The summed E-state index contributed by atoms with van der Waals surface area (Å²) in [6.45, 7) is 0.746. The van der Waals surface area contributed by atoms with Gasteiger partial charge in [0.25, 0.3) is 0 Å². The number of fused-ring (bicyclic) bond motifs is 1. The van der Waals surface area contributed by atoms with Crippen LogP contribution in [-0.4, -0.2) is 17.4 Å². The molecular formula is C11H15NOS. The van der Waals surface area contributed by atoms with Crippen molar-refractivity contribution in [3.8, 4) is 5.75 Å². The lowest BCUT2D eigenvalue weighted by Crippen LogP contribution is -2.16. The van der Waals surface area contributed by atoms with Gasteiger partial charge in [0, 0.05) is 0 Å². The number of thioether (sulfide) groups is 1. The standard InChI is InChI=1S/C11H15NOS/c12-7-8-4-5-14-11-9(6-8)2-1-3-10(11)13/h1-3,8,13H,4-7,12H2. The minimum atomic E-state index is 0.421. The molecular weight excluding hydrogens is 194 g/mol. The summed E-state index contributed by atoms with van der Waals surface area (Å²) in [6.07, 6.45) is 2.16. The highest BCUT2D eigenvalue weighted by Crippen LogP contribution is 2.36. The van der Waals surface area contributed by atoms with Crippen LogP contribution in [0.4, 0.5) is 0 Å². The molecule has 0 radical (unpaired) electrons. The molecule has 1 aliphatic rings. The predicted molar refractivity (Wildman–Crippen MR) is 59.7 cm³/mol. The van der Waals surface area contributed by atoms with Crippen LogP contribution in [0.3, 0.4) is 0 Å². The Hall–Kier alpha value is -0.670. The maximum atomic E-state index is 9.69. The average Bonchev–Trinajstić information content (AvgIpc) is 2.40. The largest absolute Gasteiger partial charge is 0.507 e. The van der Waals surface area contributed by atoms with Crippen molar-refractivity contribution in [3.05, 3.63) is 23.8 Å². The van der Waals surface area contributed by atoms with Crippen molar-refractivity contribution in [3.63, 3.8) is 0 Å². The van der Waals surface area contributed by atoms with E-state index in [4.69, 9.17) is 5.73 Å². The van der Waals surface area contributed by atoms with Crippen LogP contribution in [0.5, 0.6) is 5.75 Å². The number of phenolic OH excluding ortho intramolecular Hbond substituents is 1. The predicted octanol–water partition coefficient (Wildman–Crippen LogP) is 2.01. The normalized spacial score (nSPS) is 21.4. The molecule has 0 saturated heterocycles. The van der Waals surface area contributed by atoms with E-state index in [0.717, 1.165) is 30.0 Å². The fraction of sp³-hybridized carbons (Fsp3) is 0.455. The van der Waals surface area contributed by atoms with E-state index in [0.29, 0.717) is 11.7 Å². The molecule has 1 unspecified atom stereocenters. The average molecular weight is 209 g/mol. The van der Waals surface area contributed by atoms with Crippen molar-refractivity contribution in [1.82, 2.24) is 0 Å². The molecule has 0 saturated carbocycles. The van der Waals surface area contributed by atoms with Crippen molar-refractivity contribution in [2.45, 2.75) is 17.7 Å². The monoisotopic (exact) mass is 209 g/mol. The molecule has 0 fully saturated rings. The fourth-order valence-electron chi connectivity index (χ4n) is 1.84. The minimum absolute atomic E-state index is 0.421. The number of nitrogens with two attached hydrogens (primary N) is 1. The highest BCUT2D eigenvalue weighted by Gasteiger charge is 2.17. The molecule has 3 N–H and O–H groups in total. The number of aromatic hydroxyl groups is 1. The number of rotatable bonds is 1. The number of phenols is 1. The third-order valence-corrected chi connectivity index (χ3v) is 3.89. The van der Waals surface area contributed by atoms with E-state index in [-0.39, 0.29) is 0 Å². The molecule has 0 aliphatic carbocycles. The first-order chi connectivity index (χ1) is 6.81. The summed E-state index contributed by atoms with van der Waals surface area (Å²) in [7, 11) is 0.